The zero-order chi connectivity index (χ0) is 14.0. The number of carbonyl (C=O) groups is 1. The average molecular weight is 266 g/mol. The smallest absolute Gasteiger partial charge is 0.266 e. The van der Waals surface area contributed by atoms with Gasteiger partial charge in [0.2, 0.25) is 0 Å². The lowest BCUT2D eigenvalue weighted by molar-refractivity contribution is -0.677. The van der Waals surface area contributed by atoms with Gasteiger partial charge in [-0.05, 0) is 12.1 Å². The maximum atomic E-state index is 13.4. The molecule has 0 atom stereocenters. The number of imidazole rings is 1. The predicted molar refractivity (Wildman–Crippen MR) is 65.3 cm³/mol. The number of hydrogen-bond acceptors (Lipinski definition) is 1. The normalized spacial score (nSPS) is 10.5. The van der Waals surface area contributed by atoms with Gasteiger partial charge in [0, 0.05) is 6.92 Å². The Morgan fingerprint density at radius 3 is 2.53 bits per heavy atom. The Hall–Kier alpha value is -2.24. The molecule has 0 bridgehead atoms. The second-order valence-corrected chi connectivity index (χ2v) is 4.23. The van der Waals surface area contributed by atoms with Crippen LogP contribution in [0.3, 0.4) is 0 Å². The summed E-state index contributed by atoms with van der Waals surface area (Å²) < 4.78 is 30.3. The molecule has 4 nitrogen and oxygen atoms in total. The van der Waals surface area contributed by atoms with Gasteiger partial charge in [-0.1, -0.05) is 6.07 Å². The van der Waals surface area contributed by atoms with E-state index >= 15 is 0 Å². The molecular weight excluding hydrogens is 252 g/mol. The summed E-state index contributed by atoms with van der Waals surface area (Å²) in [6.45, 7) is 1.84. The van der Waals surface area contributed by atoms with Crippen LogP contribution in [0.5, 0.6) is 0 Å². The SMILES string of the molecule is Cc1n(CC(=O)Nc2c(F)cccc2F)cc[n+]1C. The number of aryl methyl sites for hydroxylation is 1. The molecule has 1 aromatic carbocycles. The van der Waals surface area contributed by atoms with Crippen LogP contribution < -0.4 is 9.88 Å². The summed E-state index contributed by atoms with van der Waals surface area (Å²) in [7, 11) is 1.85. The van der Waals surface area contributed by atoms with Gasteiger partial charge in [-0.2, -0.15) is 0 Å². The number of rotatable bonds is 3. The van der Waals surface area contributed by atoms with E-state index in [9.17, 15) is 13.6 Å². The van der Waals surface area contributed by atoms with Gasteiger partial charge < -0.3 is 5.32 Å². The molecule has 1 N–H and O–H groups in total. The number of para-hydroxylation sites is 1. The molecule has 0 aliphatic heterocycles. The molecule has 1 aromatic heterocycles. The van der Waals surface area contributed by atoms with Crippen molar-refractivity contribution in [3.8, 4) is 0 Å². The largest absolute Gasteiger partial charge is 0.318 e. The zero-order valence-corrected chi connectivity index (χ0v) is 10.7. The monoisotopic (exact) mass is 266 g/mol. The minimum absolute atomic E-state index is 0.000444. The fraction of sp³-hybridized carbons (Fsp3) is 0.231. The van der Waals surface area contributed by atoms with Crippen LogP contribution in [0.15, 0.2) is 30.6 Å². The maximum absolute atomic E-state index is 13.4. The second kappa shape index (κ2) is 5.17. The van der Waals surface area contributed by atoms with Crippen molar-refractivity contribution in [1.29, 1.82) is 0 Å². The molecule has 0 spiro atoms. The highest BCUT2D eigenvalue weighted by molar-refractivity contribution is 5.90. The van der Waals surface area contributed by atoms with E-state index in [0.29, 0.717) is 0 Å². The van der Waals surface area contributed by atoms with E-state index < -0.39 is 23.2 Å². The third-order valence-corrected chi connectivity index (χ3v) is 2.94. The van der Waals surface area contributed by atoms with Crippen molar-refractivity contribution in [1.82, 2.24) is 4.57 Å². The minimum atomic E-state index is -0.789. The average Bonchev–Trinajstić information content (AvgIpc) is 2.66. The van der Waals surface area contributed by atoms with Gasteiger partial charge in [0.05, 0.1) is 7.05 Å². The highest BCUT2D eigenvalue weighted by Gasteiger charge is 2.16. The van der Waals surface area contributed by atoms with E-state index in [1.807, 2.05) is 18.5 Å². The van der Waals surface area contributed by atoms with Crippen LogP contribution in [-0.2, 0) is 18.4 Å². The Morgan fingerprint density at radius 1 is 1.37 bits per heavy atom. The van der Waals surface area contributed by atoms with E-state index in [2.05, 4.69) is 5.32 Å². The predicted octanol–water partition coefficient (Wildman–Crippen LogP) is 1.54. The number of amides is 1. The topological polar surface area (TPSA) is 37.9 Å². The molecule has 0 saturated carbocycles. The fourth-order valence-corrected chi connectivity index (χ4v) is 1.72. The first-order valence-corrected chi connectivity index (χ1v) is 5.74. The Labute approximate surface area is 109 Å². The lowest BCUT2D eigenvalue weighted by Gasteiger charge is -2.06. The molecule has 1 heterocycles. The first-order valence-electron chi connectivity index (χ1n) is 5.74. The third kappa shape index (κ3) is 2.78. The maximum Gasteiger partial charge on any atom is 0.266 e. The summed E-state index contributed by atoms with van der Waals surface area (Å²) in [5.74, 6) is -1.20. The lowest BCUT2D eigenvalue weighted by atomic mass is 10.3. The molecule has 0 saturated heterocycles. The summed E-state index contributed by atoms with van der Waals surface area (Å²) in [5, 5.41) is 2.24. The van der Waals surface area contributed by atoms with Crippen molar-refractivity contribution in [3.63, 3.8) is 0 Å². The summed E-state index contributed by atoms with van der Waals surface area (Å²) in [6, 6.07) is 3.44. The van der Waals surface area contributed by atoms with Crippen LogP contribution in [0.25, 0.3) is 0 Å². The molecule has 6 heteroatoms. The van der Waals surface area contributed by atoms with Crippen molar-refractivity contribution in [2.45, 2.75) is 13.5 Å². The van der Waals surface area contributed by atoms with Crippen molar-refractivity contribution in [3.05, 3.63) is 48.1 Å². The number of benzene rings is 1. The van der Waals surface area contributed by atoms with E-state index in [4.69, 9.17) is 0 Å². The Balaban J connectivity index is 2.12. The molecule has 2 aromatic rings. The molecule has 100 valence electrons. The van der Waals surface area contributed by atoms with Gasteiger partial charge >= 0.3 is 0 Å². The molecule has 1 amide bonds. The van der Waals surface area contributed by atoms with Crippen molar-refractivity contribution >= 4 is 11.6 Å². The van der Waals surface area contributed by atoms with Crippen molar-refractivity contribution in [2.75, 3.05) is 5.32 Å². The Kier molecular flexibility index (Phi) is 3.59. The van der Waals surface area contributed by atoms with Gasteiger partial charge in [-0.3, -0.25) is 4.79 Å². The standard InChI is InChI=1S/C13H13F2N3O/c1-9-17(2)6-7-18(9)8-12(19)16-13-10(14)4-3-5-11(13)15/h3-7H,8H2,1-2H3/p+1. The number of aromatic nitrogens is 2. The number of halogens is 2. The van der Waals surface area contributed by atoms with Crippen LogP contribution in [0.4, 0.5) is 14.5 Å². The number of hydrogen-bond donors (Lipinski definition) is 1. The van der Waals surface area contributed by atoms with Crippen LogP contribution in [0.2, 0.25) is 0 Å². The summed E-state index contributed by atoms with van der Waals surface area (Å²) in [6.07, 6.45) is 3.53. The van der Waals surface area contributed by atoms with E-state index in [-0.39, 0.29) is 6.54 Å². The molecule has 0 fully saturated rings. The Bertz CT molecular complexity index is 602. The molecule has 19 heavy (non-hydrogen) atoms. The number of nitrogens with one attached hydrogen (secondary N) is 1. The van der Waals surface area contributed by atoms with Gasteiger partial charge in [0.1, 0.15) is 29.7 Å². The molecule has 2 rings (SSSR count). The molecule has 0 aliphatic carbocycles. The quantitative estimate of drug-likeness (QED) is 0.841. The zero-order valence-electron chi connectivity index (χ0n) is 10.7. The van der Waals surface area contributed by atoms with Crippen LogP contribution >= 0.6 is 0 Å². The fourth-order valence-electron chi connectivity index (χ4n) is 1.72. The summed E-state index contributed by atoms with van der Waals surface area (Å²) >= 11 is 0. The van der Waals surface area contributed by atoms with Crippen LogP contribution in [-0.4, -0.2) is 10.5 Å². The van der Waals surface area contributed by atoms with Crippen molar-refractivity contribution < 1.29 is 18.1 Å². The highest BCUT2D eigenvalue weighted by Crippen LogP contribution is 2.17. The second-order valence-electron chi connectivity index (χ2n) is 4.23. The molecule has 0 aliphatic rings. The Morgan fingerprint density at radius 2 is 2.00 bits per heavy atom. The van der Waals surface area contributed by atoms with Gasteiger partial charge in [-0.25, -0.2) is 17.9 Å². The number of carbonyl (C=O) groups excluding carboxylic acids is 1. The molecule has 0 radical (unpaired) electrons. The van der Waals surface area contributed by atoms with Gasteiger partial charge in [0.15, 0.2) is 6.54 Å². The molecular formula is C13H14F2N3O+. The summed E-state index contributed by atoms with van der Waals surface area (Å²) in [5.41, 5.74) is -0.415. The van der Waals surface area contributed by atoms with Crippen molar-refractivity contribution in [2.24, 2.45) is 7.05 Å². The van der Waals surface area contributed by atoms with Gasteiger partial charge in [-0.15, -0.1) is 0 Å². The number of nitrogens with zero attached hydrogens (tertiary/aromatic N) is 2. The minimum Gasteiger partial charge on any atom is -0.318 e. The number of anilines is 1. The molecule has 0 unspecified atom stereocenters. The van der Waals surface area contributed by atoms with E-state index in [1.165, 1.54) is 6.07 Å². The third-order valence-electron chi connectivity index (χ3n) is 2.94. The van der Waals surface area contributed by atoms with E-state index in [0.717, 1.165) is 18.0 Å². The van der Waals surface area contributed by atoms with Crippen LogP contribution in [0.1, 0.15) is 5.82 Å². The van der Waals surface area contributed by atoms with Crippen LogP contribution in [0, 0.1) is 18.6 Å². The first-order chi connectivity index (χ1) is 8.99. The summed E-state index contributed by atoms with van der Waals surface area (Å²) in [4.78, 5) is 11.8. The highest BCUT2D eigenvalue weighted by atomic mass is 19.1. The first kappa shape index (κ1) is 13.2. The van der Waals surface area contributed by atoms with E-state index in [1.54, 1.807) is 17.0 Å². The lowest BCUT2D eigenvalue weighted by Crippen LogP contribution is -2.31. The van der Waals surface area contributed by atoms with Gasteiger partial charge in [0.25, 0.3) is 11.7 Å².